The van der Waals surface area contributed by atoms with Crippen molar-refractivity contribution in [3.63, 3.8) is 0 Å². The predicted octanol–water partition coefficient (Wildman–Crippen LogP) is 2.70. The van der Waals surface area contributed by atoms with Crippen molar-refractivity contribution in [1.82, 2.24) is 5.32 Å². The van der Waals surface area contributed by atoms with Gasteiger partial charge in [-0.05, 0) is 60.3 Å². The van der Waals surface area contributed by atoms with Gasteiger partial charge in [0.15, 0.2) is 0 Å². The number of nitrogens with one attached hydrogen (secondary N) is 1. The van der Waals surface area contributed by atoms with E-state index in [4.69, 9.17) is 0 Å². The van der Waals surface area contributed by atoms with Crippen molar-refractivity contribution in [3.05, 3.63) is 28.2 Å². The van der Waals surface area contributed by atoms with Gasteiger partial charge >= 0.3 is 0 Å². The monoisotopic (exact) mass is 326 g/mol. The summed E-state index contributed by atoms with van der Waals surface area (Å²) in [5.41, 5.74) is 2.50. The van der Waals surface area contributed by atoms with Gasteiger partial charge in [-0.1, -0.05) is 6.07 Å². The van der Waals surface area contributed by atoms with Crippen LogP contribution in [0.3, 0.4) is 0 Å². The maximum Gasteiger partial charge on any atom is 0.0513 e. The van der Waals surface area contributed by atoms with Crippen LogP contribution in [-0.4, -0.2) is 36.9 Å². The number of aliphatic hydroxyl groups is 1. The van der Waals surface area contributed by atoms with Crippen LogP contribution in [0, 0.1) is 6.92 Å². The van der Waals surface area contributed by atoms with Crippen LogP contribution in [0.4, 0.5) is 5.69 Å². The second-order valence-corrected chi connectivity index (χ2v) is 6.27. The molecule has 3 nitrogen and oxygen atoms in total. The predicted molar refractivity (Wildman–Crippen MR) is 83.8 cm³/mol. The lowest BCUT2D eigenvalue weighted by Gasteiger charge is -2.32. The van der Waals surface area contributed by atoms with E-state index in [1.165, 1.54) is 11.3 Å². The molecule has 4 heteroatoms. The average Bonchev–Trinajstić information content (AvgIpc) is 2.54. The highest BCUT2D eigenvalue weighted by Gasteiger charge is 2.24. The molecule has 106 valence electrons. The molecular formula is C15H23BrN2O. The summed E-state index contributed by atoms with van der Waals surface area (Å²) in [5.74, 6) is 0. The first-order valence-corrected chi connectivity index (χ1v) is 7.78. The van der Waals surface area contributed by atoms with Crippen molar-refractivity contribution in [2.24, 2.45) is 0 Å². The van der Waals surface area contributed by atoms with Crippen LogP contribution >= 0.6 is 15.9 Å². The number of nitrogens with zero attached hydrogens (tertiary/aromatic N) is 1. The van der Waals surface area contributed by atoms with Gasteiger partial charge in [0.05, 0.1) is 5.69 Å². The van der Waals surface area contributed by atoms with E-state index in [9.17, 15) is 5.11 Å². The Labute approximate surface area is 124 Å². The second-order valence-electron chi connectivity index (χ2n) is 5.41. The zero-order valence-corrected chi connectivity index (χ0v) is 13.3. The summed E-state index contributed by atoms with van der Waals surface area (Å²) in [7, 11) is 0. The van der Waals surface area contributed by atoms with Crippen LogP contribution in [0.2, 0.25) is 0 Å². The van der Waals surface area contributed by atoms with Gasteiger partial charge in [-0.3, -0.25) is 0 Å². The third-order valence-electron chi connectivity index (χ3n) is 3.82. The van der Waals surface area contributed by atoms with E-state index in [1.807, 2.05) is 0 Å². The molecule has 1 saturated heterocycles. The first-order chi connectivity index (χ1) is 9.11. The smallest absolute Gasteiger partial charge is 0.0513 e. The maximum atomic E-state index is 9.29. The zero-order valence-electron chi connectivity index (χ0n) is 11.7. The summed E-state index contributed by atoms with van der Waals surface area (Å²) < 4.78 is 1.14. The van der Waals surface area contributed by atoms with E-state index in [1.54, 1.807) is 0 Å². The van der Waals surface area contributed by atoms with E-state index in [2.05, 4.69) is 58.2 Å². The van der Waals surface area contributed by atoms with Crippen LogP contribution in [0.15, 0.2) is 22.7 Å². The molecule has 0 spiro atoms. The molecular weight excluding hydrogens is 304 g/mol. The lowest BCUT2D eigenvalue weighted by atomic mass is 10.1. The quantitative estimate of drug-likeness (QED) is 0.896. The minimum atomic E-state index is 0.237. The van der Waals surface area contributed by atoms with Gasteiger partial charge in [-0.25, -0.2) is 0 Å². The van der Waals surface area contributed by atoms with E-state index in [0.717, 1.165) is 30.4 Å². The Hall–Kier alpha value is -0.580. The molecule has 19 heavy (non-hydrogen) atoms. The summed E-state index contributed by atoms with van der Waals surface area (Å²) in [4.78, 5) is 2.43. The summed E-state index contributed by atoms with van der Waals surface area (Å²) in [6, 6.07) is 7.38. The van der Waals surface area contributed by atoms with Crippen LogP contribution in [0.5, 0.6) is 0 Å². The number of aliphatic hydroxyl groups excluding tert-OH is 1. The highest BCUT2D eigenvalue weighted by atomic mass is 79.9. The number of benzene rings is 1. The normalized spacial score (nSPS) is 24.3. The number of anilines is 1. The molecule has 1 aliphatic heterocycles. The van der Waals surface area contributed by atoms with Gasteiger partial charge in [-0.15, -0.1) is 0 Å². The topological polar surface area (TPSA) is 35.5 Å². The lowest BCUT2D eigenvalue weighted by Crippen LogP contribution is -2.41. The lowest BCUT2D eigenvalue weighted by molar-refractivity contribution is 0.272. The van der Waals surface area contributed by atoms with Gasteiger partial charge in [0.25, 0.3) is 0 Å². The standard InChI is InChI=1S/C15H23BrN2O/c1-11-3-4-15(14(16)9-11)18-7-5-12(2)17-10-13(18)6-8-19/h3-4,9,12-13,17,19H,5-8,10H2,1-2H3. The molecule has 1 fully saturated rings. The molecule has 0 radical (unpaired) electrons. The van der Waals surface area contributed by atoms with Gasteiger partial charge < -0.3 is 15.3 Å². The highest BCUT2D eigenvalue weighted by Crippen LogP contribution is 2.30. The number of aryl methyl sites for hydroxylation is 1. The largest absolute Gasteiger partial charge is 0.396 e. The van der Waals surface area contributed by atoms with Crippen molar-refractivity contribution in [3.8, 4) is 0 Å². The summed E-state index contributed by atoms with van der Waals surface area (Å²) >= 11 is 3.68. The SMILES string of the molecule is Cc1ccc(N2CCC(C)NCC2CCO)c(Br)c1. The van der Waals surface area contributed by atoms with Crippen molar-refractivity contribution in [1.29, 1.82) is 0 Å². The third kappa shape index (κ3) is 3.71. The summed E-state index contributed by atoms with van der Waals surface area (Å²) in [5, 5.41) is 12.8. The Kier molecular flexibility index (Phi) is 5.25. The Morgan fingerprint density at radius 1 is 1.47 bits per heavy atom. The van der Waals surface area contributed by atoms with E-state index < -0.39 is 0 Å². The number of hydrogen-bond donors (Lipinski definition) is 2. The van der Waals surface area contributed by atoms with Crippen molar-refractivity contribution >= 4 is 21.6 Å². The van der Waals surface area contributed by atoms with E-state index >= 15 is 0 Å². The Bertz CT molecular complexity index is 425. The molecule has 2 atom stereocenters. The molecule has 2 N–H and O–H groups in total. The van der Waals surface area contributed by atoms with E-state index in [0.29, 0.717) is 12.1 Å². The Morgan fingerprint density at radius 2 is 2.26 bits per heavy atom. The fraction of sp³-hybridized carbons (Fsp3) is 0.600. The van der Waals surface area contributed by atoms with Gasteiger partial charge in [-0.2, -0.15) is 0 Å². The first-order valence-electron chi connectivity index (χ1n) is 6.99. The number of halogens is 1. The van der Waals surface area contributed by atoms with Gasteiger partial charge in [0.1, 0.15) is 0 Å². The molecule has 1 aromatic carbocycles. The van der Waals surface area contributed by atoms with Crippen LogP contribution in [-0.2, 0) is 0 Å². The average molecular weight is 327 g/mol. The molecule has 1 aliphatic rings. The van der Waals surface area contributed by atoms with Crippen molar-refractivity contribution in [2.45, 2.75) is 38.8 Å². The van der Waals surface area contributed by atoms with Gasteiger partial charge in [0, 0.05) is 36.3 Å². The molecule has 1 heterocycles. The molecule has 2 rings (SSSR count). The minimum Gasteiger partial charge on any atom is -0.396 e. The zero-order chi connectivity index (χ0) is 13.8. The van der Waals surface area contributed by atoms with E-state index in [-0.39, 0.29) is 6.61 Å². The van der Waals surface area contributed by atoms with Gasteiger partial charge in [0.2, 0.25) is 0 Å². The molecule has 0 amide bonds. The molecule has 2 unspecified atom stereocenters. The fourth-order valence-electron chi connectivity index (χ4n) is 2.63. The molecule has 0 aromatic heterocycles. The molecule has 1 aromatic rings. The van der Waals surface area contributed by atoms with Crippen LogP contribution < -0.4 is 10.2 Å². The number of rotatable bonds is 3. The van der Waals surface area contributed by atoms with Crippen molar-refractivity contribution in [2.75, 3.05) is 24.6 Å². The number of hydrogen-bond acceptors (Lipinski definition) is 3. The van der Waals surface area contributed by atoms with Crippen molar-refractivity contribution < 1.29 is 5.11 Å². The first kappa shape index (κ1) is 14.8. The summed E-state index contributed by atoms with van der Waals surface area (Å²) in [6.45, 7) is 6.53. The van der Waals surface area contributed by atoms with Crippen LogP contribution in [0.25, 0.3) is 0 Å². The second kappa shape index (κ2) is 6.73. The Balaban J connectivity index is 2.26. The maximum absolute atomic E-state index is 9.29. The minimum absolute atomic E-state index is 0.237. The highest BCUT2D eigenvalue weighted by molar-refractivity contribution is 9.10. The Morgan fingerprint density at radius 3 is 2.95 bits per heavy atom. The fourth-order valence-corrected chi connectivity index (χ4v) is 3.35. The van der Waals surface area contributed by atoms with Crippen LogP contribution in [0.1, 0.15) is 25.3 Å². The third-order valence-corrected chi connectivity index (χ3v) is 4.46. The molecule has 0 saturated carbocycles. The summed E-state index contributed by atoms with van der Waals surface area (Å²) in [6.07, 6.45) is 1.93. The molecule has 0 aliphatic carbocycles. The molecule has 0 bridgehead atoms.